The number of halogens is 5. The molecule has 1 saturated heterocycles. The lowest BCUT2D eigenvalue weighted by atomic mass is 9.91. The average molecular weight is 508 g/mol. The highest BCUT2D eigenvalue weighted by atomic mass is 19.4. The van der Waals surface area contributed by atoms with Gasteiger partial charge < -0.3 is 20.5 Å². The molecule has 0 radical (unpaired) electrons. The average Bonchev–Trinajstić information content (AvgIpc) is 3.50. The summed E-state index contributed by atoms with van der Waals surface area (Å²) in [6.07, 6.45) is 1.91. The highest BCUT2D eigenvalue weighted by Gasteiger charge is 2.37. The maximum absolute atomic E-state index is 14.9. The maximum atomic E-state index is 14.9. The number of nitrogens with one attached hydrogen (secondary N) is 3. The van der Waals surface area contributed by atoms with E-state index in [2.05, 4.69) is 25.6 Å². The molecule has 0 bridgehead atoms. The van der Waals surface area contributed by atoms with E-state index in [-0.39, 0.29) is 40.5 Å². The van der Waals surface area contributed by atoms with E-state index in [9.17, 15) is 26.7 Å². The smallest absolute Gasteiger partial charge is 0.365 e. The molecule has 5 rings (SSSR count). The molecule has 2 aliphatic rings. The molecule has 0 unspecified atom stereocenters. The second-order valence-electron chi connectivity index (χ2n) is 9.31. The molecule has 36 heavy (non-hydrogen) atoms. The molecule has 2 amide bonds. The fourth-order valence-electron chi connectivity index (χ4n) is 5.02. The van der Waals surface area contributed by atoms with Crippen molar-refractivity contribution in [2.75, 3.05) is 18.4 Å². The Morgan fingerprint density at radius 1 is 1.08 bits per heavy atom. The van der Waals surface area contributed by atoms with Crippen LogP contribution in [0.15, 0.2) is 24.5 Å². The molecule has 2 atom stereocenters. The maximum Gasteiger partial charge on any atom is 0.418 e. The number of anilines is 1. The van der Waals surface area contributed by atoms with E-state index >= 15 is 0 Å². The van der Waals surface area contributed by atoms with Gasteiger partial charge in [-0.05, 0) is 50.7 Å². The molecule has 12 heteroatoms. The number of nitrogens with zero attached hydrogens (tertiary/aromatic N) is 3. The summed E-state index contributed by atoms with van der Waals surface area (Å²) < 4.78 is 70.1. The summed E-state index contributed by atoms with van der Waals surface area (Å²) >= 11 is 0. The van der Waals surface area contributed by atoms with E-state index in [0.717, 1.165) is 51.0 Å². The van der Waals surface area contributed by atoms with Crippen LogP contribution >= 0.6 is 0 Å². The van der Waals surface area contributed by atoms with Crippen molar-refractivity contribution < 1.29 is 26.7 Å². The SMILES string of the molecule is O=C(N[C@H]1CCC[C@@H](Nc2nc(-c3c[nH]c4ncc(F)cc34)c(C(F)(F)F)cc2F)C1)N1CCCC1. The fraction of sp³-hybridized carbons (Fsp3) is 0.458. The van der Waals surface area contributed by atoms with Gasteiger partial charge in [0, 0.05) is 42.3 Å². The van der Waals surface area contributed by atoms with Gasteiger partial charge in [-0.15, -0.1) is 0 Å². The van der Waals surface area contributed by atoms with Crippen LogP contribution in [-0.4, -0.2) is 51.1 Å². The van der Waals surface area contributed by atoms with Crippen molar-refractivity contribution in [3.05, 3.63) is 41.7 Å². The van der Waals surface area contributed by atoms with Gasteiger partial charge in [0.2, 0.25) is 0 Å². The second kappa shape index (κ2) is 9.55. The minimum absolute atomic E-state index is 0.0354. The first kappa shape index (κ1) is 24.3. The van der Waals surface area contributed by atoms with Crippen LogP contribution in [0.2, 0.25) is 0 Å². The van der Waals surface area contributed by atoms with Crippen molar-refractivity contribution >= 4 is 22.9 Å². The van der Waals surface area contributed by atoms with E-state index in [1.165, 1.54) is 6.20 Å². The third-order valence-electron chi connectivity index (χ3n) is 6.77. The molecule has 192 valence electrons. The van der Waals surface area contributed by atoms with Crippen molar-refractivity contribution in [2.45, 2.75) is 56.8 Å². The Labute approximate surface area is 203 Å². The Kier molecular flexibility index (Phi) is 6.44. The molecule has 0 spiro atoms. The topological polar surface area (TPSA) is 85.9 Å². The van der Waals surface area contributed by atoms with Crippen LogP contribution in [0, 0.1) is 11.6 Å². The van der Waals surface area contributed by atoms with Gasteiger partial charge in [-0.25, -0.2) is 23.5 Å². The monoisotopic (exact) mass is 508 g/mol. The number of amides is 2. The van der Waals surface area contributed by atoms with Crippen molar-refractivity contribution in [3.8, 4) is 11.3 Å². The van der Waals surface area contributed by atoms with Gasteiger partial charge in [0.05, 0.1) is 17.5 Å². The molecule has 3 aromatic heterocycles. The van der Waals surface area contributed by atoms with Gasteiger partial charge in [0.25, 0.3) is 0 Å². The van der Waals surface area contributed by atoms with Crippen LogP contribution in [0.25, 0.3) is 22.3 Å². The highest BCUT2D eigenvalue weighted by molar-refractivity contribution is 5.93. The Hall–Kier alpha value is -3.44. The van der Waals surface area contributed by atoms with Crippen molar-refractivity contribution in [2.24, 2.45) is 0 Å². The van der Waals surface area contributed by atoms with E-state index in [0.29, 0.717) is 18.9 Å². The number of H-pyrrole nitrogens is 1. The Morgan fingerprint density at radius 2 is 1.83 bits per heavy atom. The van der Waals surface area contributed by atoms with Gasteiger partial charge in [-0.1, -0.05) is 0 Å². The van der Waals surface area contributed by atoms with Gasteiger partial charge in [-0.3, -0.25) is 0 Å². The molecule has 1 aliphatic carbocycles. The lowest BCUT2D eigenvalue weighted by Crippen LogP contribution is -2.47. The summed E-state index contributed by atoms with van der Waals surface area (Å²) in [5.41, 5.74) is -1.65. The quantitative estimate of drug-likeness (QED) is 0.409. The van der Waals surface area contributed by atoms with Gasteiger partial charge in [0.15, 0.2) is 11.6 Å². The lowest BCUT2D eigenvalue weighted by Gasteiger charge is -2.32. The van der Waals surface area contributed by atoms with Crippen LogP contribution in [0.5, 0.6) is 0 Å². The van der Waals surface area contributed by atoms with Crippen LogP contribution < -0.4 is 10.6 Å². The number of urea groups is 1. The van der Waals surface area contributed by atoms with Crippen LogP contribution in [0.4, 0.5) is 32.6 Å². The first-order valence-electron chi connectivity index (χ1n) is 11.9. The number of pyridine rings is 2. The van der Waals surface area contributed by atoms with E-state index in [1.807, 2.05) is 0 Å². The molecule has 1 aliphatic heterocycles. The lowest BCUT2D eigenvalue weighted by molar-refractivity contribution is -0.137. The predicted molar refractivity (Wildman–Crippen MR) is 123 cm³/mol. The van der Waals surface area contributed by atoms with E-state index in [4.69, 9.17) is 0 Å². The summed E-state index contributed by atoms with van der Waals surface area (Å²) in [4.78, 5) is 24.8. The number of likely N-dealkylation sites (tertiary alicyclic amines) is 1. The summed E-state index contributed by atoms with van der Waals surface area (Å²) in [6, 6.07) is 0.909. The van der Waals surface area contributed by atoms with E-state index in [1.54, 1.807) is 4.90 Å². The fourth-order valence-corrected chi connectivity index (χ4v) is 5.02. The van der Waals surface area contributed by atoms with Gasteiger partial charge >= 0.3 is 12.2 Å². The third kappa shape index (κ3) is 4.93. The third-order valence-corrected chi connectivity index (χ3v) is 6.77. The molecule has 2 fully saturated rings. The number of carbonyl (C=O) groups is 1. The molecular weight excluding hydrogens is 483 g/mol. The normalized spacial score (nSPS) is 20.6. The molecule has 0 aromatic carbocycles. The zero-order chi connectivity index (χ0) is 25.4. The number of fused-ring (bicyclic) bond motifs is 1. The second-order valence-corrected chi connectivity index (χ2v) is 9.31. The number of aromatic nitrogens is 3. The highest BCUT2D eigenvalue weighted by Crippen LogP contribution is 2.40. The number of aromatic amines is 1. The van der Waals surface area contributed by atoms with Gasteiger partial charge in [0.1, 0.15) is 11.5 Å². The summed E-state index contributed by atoms with van der Waals surface area (Å²) in [6.45, 7) is 1.44. The van der Waals surface area contributed by atoms with Crippen LogP contribution in [0.1, 0.15) is 44.1 Å². The standard InChI is InChI=1S/C24H25F5N6O/c25-13-8-16-17(12-31-21(16)30-11-13)20-18(24(27,28)29)10-19(26)22(34-20)32-14-4-3-5-15(9-14)33-23(36)35-6-1-2-7-35/h8,10-12,14-15H,1-7,9H2,(H,30,31)(H,32,34)(H,33,36)/t14-,15+/m1/s1. The van der Waals surface area contributed by atoms with Crippen molar-refractivity contribution in [3.63, 3.8) is 0 Å². The number of alkyl halides is 3. The van der Waals surface area contributed by atoms with Crippen molar-refractivity contribution in [1.82, 2.24) is 25.2 Å². The van der Waals surface area contributed by atoms with Gasteiger partial charge in [-0.2, -0.15) is 13.2 Å². The molecule has 7 nitrogen and oxygen atoms in total. The van der Waals surface area contributed by atoms with E-state index < -0.39 is 29.1 Å². The van der Waals surface area contributed by atoms with Crippen molar-refractivity contribution in [1.29, 1.82) is 0 Å². The Bertz CT molecular complexity index is 1270. The summed E-state index contributed by atoms with van der Waals surface area (Å²) in [5, 5.41) is 6.07. The number of carbonyl (C=O) groups excluding carboxylic acids is 1. The zero-order valence-corrected chi connectivity index (χ0v) is 19.3. The Balaban J connectivity index is 1.41. The molecule has 4 heterocycles. The largest absolute Gasteiger partial charge is 0.418 e. The number of hydrogen-bond acceptors (Lipinski definition) is 4. The minimum atomic E-state index is -4.89. The molecular formula is C24H25F5N6O. The molecule has 1 saturated carbocycles. The molecule has 3 N–H and O–H groups in total. The summed E-state index contributed by atoms with van der Waals surface area (Å²) in [5.74, 6) is -2.19. The van der Waals surface area contributed by atoms with Crippen LogP contribution in [0.3, 0.4) is 0 Å². The Morgan fingerprint density at radius 3 is 2.58 bits per heavy atom. The first-order valence-corrected chi connectivity index (χ1v) is 11.9. The number of rotatable bonds is 4. The van der Waals surface area contributed by atoms with Crippen LogP contribution in [-0.2, 0) is 6.18 Å². The summed E-state index contributed by atoms with van der Waals surface area (Å²) in [7, 11) is 0. The predicted octanol–water partition coefficient (Wildman–Crippen LogP) is 5.45. The zero-order valence-electron chi connectivity index (χ0n) is 19.3. The first-order chi connectivity index (χ1) is 17.2. The number of hydrogen-bond donors (Lipinski definition) is 3. The molecule has 3 aromatic rings. The minimum Gasteiger partial charge on any atom is -0.365 e.